The molecule has 2 atom stereocenters. The van der Waals surface area contributed by atoms with Crippen LogP contribution in [0.15, 0.2) is 30.3 Å². The van der Waals surface area contributed by atoms with Crippen molar-refractivity contribution in [2.75, 3.05) is 13.2 Å². The van der Waals surface area contributed by atoms with E-state index in [0.717, 1.165) is 18.5 Å². The molecule has 1 fully saturated rings. The van der Waals surface area contributed by atoms with Crippen LogP contribution in [0.5, 0.6) is 0 Å². The van der Waals surface area contributed by atoms with Crippen molar-refractivity contribution >= 4 is 0 Å². The van der Waals surface area contributed by atoms with Crippen LogP contribution in [-0.4, -0.2) is 30.4 Å². The molecule has 3 nitrogen and oxygen atoms in total. The quantitative estimate of drug-likeness (QED) is 0.816. The highest BCUT2D eigenvalue weighted by atomic mass is 16.5. The lowest BCUT2D eigenvalue weighted by Crippen LogP contribution is -2.45. The van der Waals surface area contributed by atoms with Gasteiger partial charge in [-0.2, -0.15) is 0 Å². The first-order valence-electron chi connectivity index (χ1n) is 6.39. The number of rotatable bonds is 5. The first-order valence-corrected chi connectivity index (χ1v) is 6.39. The SMILES string of the molecule is O[C@@H](COCc1ccccc1)[C@@H]1CCCCN1. The first-order chi connectivity index (χ1) is 8.36. The zero-order chi connectivity index (χ0) is 11.9. The van der Waals surface area contributed by atoms with Crippen LogP contribution in [0, 0.1) is 0 Å². The number of aliphatic hydroxyl groups excluding tert-OH is 1. The lowest BCUT2D eigenvalue weighted by molar-refractivity contribution is 0.00438. The average molecular weight is 235 g/mol. The molecule has 0 radical (unpaired) electrons. The molecule has 1 heterocycles. The van der Waals surface area contributed by atoms with Gasteiger partial charge in [0.2, 0.25) is 0 Å². The predicted molar refractivity (Wildman–Crippen MR) is 67.7 cm³/mol. The van der Waals surface area contributed by atoms with Gasteiger partial charge in [0.05, 0.1) is 19.3 Å². The van der Waals surface area contributed by atoms with Crippen molar-refractivity contribution in [1.82, 2.24) is 5.32 Å². The van der Waals surface area contributed by atoms with Crippen LogP contribution in [0.3, 0.4) is 0 Å². The van der Waals surface area contributed by atoms with Gasteiger partial charge in [-0.25, -0.2) is 0 Å². The highest BCUT2D eigenvalue weighted by molar-refractivity contribution is 5.13. The summed E-state index contributed by atoms with van der Waals surface area (Å²) in [6.07, 6.45) is 3.08. The normalized spacial score (nSPS) is 22.3. The molecule has 3 heteroatoms. The number of benzene rings is 1. The first kappa shape index (κ1) is 12.6. The highest BCUT2D eigenvalue weighted by Crippen LogP contribution is 2.11. The van der Waals surface area contributed by atoms with E-state index in [0.29, 0.717) is 13.2 Å². The summed E-state index contributed by atoms with van der Waals surface area (Å²) in [6.45, 7) is 2.00. The number of aliphatic hydroxyl groups is 1. The minimum Gasteiger partial charge on any atom is -0.389 e. The molecule has 1 saturated heterocycles. The van der Waals surface area contributed by atoms with E-state index in [1.165, 1.54) is 12.8 Å². The van der Waals surface area contributed by atoms with Crippen molar-refractivity contribution in [3.63, 3.8) is 0 Å². The third kappa shape index (κ3) is 4.11. The van der Waals surface area contributed by atoms with E-state index in [4.69, 9.17) is 4.74 Å². The van der Waals surface area contributed by atoms with Gasteiger partial charge in [-0.1, -0.05) is 36.8 Å². The summed E-state index contributed by atoms with van der Waals surface area (Å²) in [6, 6.07) is 10.3. The standard InChI is InChI=1S/C14H21NO2/c16-14(13-8-4-5-9-15-13)11-17-10-12-6-2-1-3-7-12/h1-3,6-7,13-16H,4-5,8-11H2/t13-,14-/m0/s1. The second-order valence-corrected chi connectivity index (χ2v) is 4.62. The number of hydrogen-bond donors (Lipinski definition) is 2. The summed E-state index contributed by atoms with van der Waals surface area (Å²) in [5, 5.41) is 13.3. The fourth-order valence-corrected chi connectivity index (χ4v) is 2.20. The summed E-state index contributed by atoms with van der Waals surface area (Å²) >= 11 is 0. The zero-order valence-corrected chi connectivity index (χ0v) is 10.1. The third-order valence-corrected chi connectivity index (χ3v) is 3.21. The minimum absolute atomic E-state index is 0.208. The van der Waals surface area contributed by atoms with E-state index in [-0.39, 0.29) is 12.1 Å². The Labute approximate surface area is 103 Å². The van der Waals surface area contributed by atoms with Crippen molar-refractivity contribution < 1.29 is 9.84 Å². The summed E-state index contributed by atoms with van der Waals surface area (Å²) in [4.78, 5) is 0. The zero-order valence-electron chi connectivity index (χ0n) is 10.1. The maximum atomic E-state index is 9.96. The largest absolute Gasteiger partial charge is 0.389 e. The van der Waals surface area contributed by atoms with Gasteiger partial charge < -0.3 is 15.2 Å². The molecule has 1 aromatic carbocycles. The molecule has 17 heavy (non-hydrogen) atoms. The molecule has 0 bridgehead atoms. The minimum atomic E-state index is -0.390. The second-order valence-electron chi connectivity index (χ2n) is 4.62. The third-order valence-electron chi connectivity index (χ3n) is 3.21. The summed E-state index contributed by atoms with van der Waals surface area (Å²) in [5.41, 5.74) is 1.15. The molecule has 0 unspecified atom stereocenters. The highest BCUT2D eigenvalue weighted by Gasteiger charge is 2.20. The van der Waals surface area contributed by atoms with Gasteiger partial charge in [-0.05, 0) is 24.9 Å². The second kappa shape index (κ2) is 6.74. The fourth-order valence-electron chi connectivity index (χ4n) is 2.20. The van der Waals surface area contributed by atoms with E-state index in [9.17, 15) is 5.11 Å². The van der Waals surface area contributed by atoms with E-state index in [1.807, 2.05) is 30.3 Å². The van der Waals surface area contributed by atoms with Crippen molar-refractivity contribution in [2.45, 2.75) is 38.0 Å². The molecule has 1 aromatic rings. The summed E-state index contributed by atoms with van der Waals surface area (Å²) in [5.74, 6) is 0. The Morgan fingerprint density at radius 3 is 2.82 bits per heavy atom. The lowest BCUT2D eigenvalue weighted by Gasteiger charge is -2.27. The molecule has 0 amide bonds. The van der Waals surface area contributed by atoms with E-state index >= 15 is 0 Å². The fraction of sp³-hybridized carbons (Fsp3) is 0.571. The van der Waals surface area contributed by atoms with Crippen LogP contribution in [0.2, 0.25) is 0 Å². The smallest absolute Gasteiger partial charge is 0.0926 e. The van der Waals surface area contributed by atoms with Crippen molar-refractivity contribution in [3.8, 4) is 0 Å². The summed E-state index contributed by atoms with van der Waals surface area (Å²) < 4.78 is 5.54. The van der Waals surface area contributed by atoms with Crippen LogP contribution < -0.4 is 5.32 Å². The van der Waals surface area contributed by atoms with Gasteiger partial charge >= 0.3 is 0 Å². The van der Waals surface area contributed by atoms with E-state index < -0.39 is 0 Å². The van der Waals surface area contributed by atoms with Crippen molar-refractivity contribution in [1.29, 1.82) is 0 Å². The van der Waals surface area contributed by atoms with Gasteiger partial charge in [0.15, 0.2) is 0 Å². The molecule has 94 valence electrons. The maximum absolute atomic E-state index is 9.96. The van der Waals surface area contributed by atoms with Gasteiger partial charge in [0.1, 0.15) is 0 Å². The van der Waals surface area contributed by atoms with Crippen molar-refractivity contribution in [3.05, 3.63) is 35.9 Å². The van der Waals surface area contributed by atoms with Crippen LogP contribution >= 0.6 is 0 Å². The Hall–Kier alpha value is -0.900. The predicted octanol–water partition coefficient (Wildman–Crippen LogP) is 1.71. The molecule has 1 aliphatic rings. The Morgan fingerprint density at radius 2 is 2.12 bits per heavy atom. The molecule has 2 N–H and O–H groups in total. The molecular weight excluding hydrogens is 214 g/mol. The Bertz CT molecular complexity index is 309. The van der Waals surface area contributed by atoms with Crippen LogP contribution in [0.25, 0.3) is 0 Å². The number of nitrogens with one attached hydrogen (secondary N) is 1. The van der Waals surface area contributed by atoms with Gasteiger partial charge in [0, 0.05) is 6.04 Å². The van der Waals surface area contributed by atoms with Crippen LogP contribution in [0.1, 0.15) is 24.8 Å². The lowest BCUT2D eigenvalue weighted by atomic mass is 10.0. The van der Waals surface area contributed by atoms with Crippen molar-refractivity contribution in [2.24, 2.45) is 0 Å². The van der Waals surface area contributed by atoms with Gasteiger partial charge in [-0.15, -0.1) is 0 Å². The van der Waals surface area contributed by atoms with Crippen LogP contribution in [0.4, 0.5) is 0 Å². The van der Waals surface area contributed by atoms with E-state index in [2.05, 4.69) is 5.32 Å². The van der Waals surface area contributed by atoms with E-state index in [1.54, 1.807) is 0 Å². The molecule has 0 spiro atoms. The number of piperidine rings is 1. The summed E-state index contributed by atoms with van der Waals surface area (Å²) in [7, 11) is 0. The Balaban J connectivity index is 1.67. The molecule has 2 rings (SSSR count). The molecule has 0 aliphatic carbocycles. The monoisotopic (exact) mass is 235 g/mol. The topological polar surface area (TPSA) is 41.5 Å². The molecule has 0 aromatic heterocycles. The maximum Gasteiger partial charge on any atom is 0.0926 e. The molecular formula is C14H21NO2. The Morgan fingerprint density at radius 1 is 1.29 bits per heavy atom. The molecule has 0 saturated carbocycles. The van der Waals surface area contributed by atoms with Gasteiger partial charge in [0.25, 0.3) is 0 Å². The average Bonchev–Trinajstić information content (AvgIpc) is 2.41. The van der Waals surface area contributed by atoms with Crippen LogP contribution in [-0.2, 0) is 11.3 Å². The van der Waals surface area contributed by atoms with Gasteiger partial charge in [-0.3, -0.25) is 0 Å². The number of hydrogen-bond acceptors (Lipinski definition) is 3. The number of ether oxygens (including phenoxy) is 1. The Kier molecular flexibility index (Phi) is 4.98. The molecule has 1 aliphatic heterocycles.